The molecule has 0 radical (unpaired) electrons. The predicted octanol–water partition coefficient (Wildman–Crippen LogP) is 3.34. The molecule has 7 heteroatoms. The van der Waals surface area contributed by atoms with E-state index in [-0.39, 0.29) is 23.6 Å². The minimum Gasteiger partial charge on any atom is -0.339 e. The van der Waals surface area contributed by atoms with E-state index in [9.17, 15) is 14.4 Å². The van der Waals surface area contributed by atoms with E-state index in [0.717, 1.165) is 30.4 Å². The molecule has 0 spiro atoms. The second-order valence-corrected chi connectivity index (χ2v) is 8.41. The first kappa shape index (κ1) is 24.5. The van der Waals surface area contributed by atoms with Crippen LogP contribution >= 0.6 is 0 Å². The van der Waals surface area contributed by atoms with E-state index in [2.05, 4.69) is 0 Å². The number of hydrogen-bond acceptors (Lipinski definition) is 4. The molecule has 1 heterocycles. The van der Waals surface area contributed by atoms with Gasteiger partial charge in [-0.2, -0.15) is 0 Å². The Labute approximate surface area is 195 Å². The molecule has 2 N–H and O–H groups in total. The number of piperazine rings is 1. The van der Waals surface area contributed by atoms with Crippen molar-refractivity contribution < 1.29 is 19.6 Å². The topological polar surface area (TPSA) is 90.0 Å². The summed E-state index contributed by atoms with van der Waals surface area (Å²) in [6.45, 7) is 2.18. The van der Waals surface area contributed by atoms with Crippen LogP contribution in [-0.4, -0.2) is 58.9 Å². The number of nitrogens with zero attached hydrogens (tertiary/aromatic N) is 2. The van der Waals surface area contributed by atoms with E-state index in [4.69, 9.17) is 5.21 Å². The standard InChI is InChI=1S/C26H33N3O4/c30-23(27-33)15-9-1-2-10-16-24(31)28-17-19-29(20-18-28)26(32)25(21-11-5-3-6-12-21)22-13-7-4-8-14-22/h3-8,11-14,25,33H,1-2,9-10,15-20H2,(H,27,30). The van der Waals surface area contributed by atoms with Gasteiger partial charge in [0.1, 0.15) is 0 Å². The van der Waals surface area contributed by atoms with Gasteiger partial charge < -0.3 is 9.80 Å². The number of hydrogen-bond donors (Lipinski definition) is 2. The second-order valence-electron chi connectivity index (χ2n) is 8.41. The maximum atomic E-state index is 13.5. The van der Waals surface area contributed by atoms with Crippen molar-refractivity contribution in [1.29, 1.82) is 0 Å². The number of hydroxylamine groups is 1. The van der Waals surface area contributed by atoms with Crippen molar-refractivity contribution in [3.63, 3.8) is 0 Å². The monoisotopic (exact) mass is 451 g/mol. The van der Waals surface area contributed by atoms with Gasteiger partial charge in [-0.3, -0.25) is 19.6 Å². The Balaban J connectivity index is 1.48. The predicted molar refractivity (Wildman–Crippen MR) is 126 cm³/mol. The Morgan fingerprint density at radius 1 is 0.727 bits per heavy atom. The van der Waals surface area contributed by atoms with Crippen LogP contribution in [0.4, 0.5) is 0 Å². The average Bonchev–Trinajstić information content (AvgIpc) is 2.87. The highest BCUT2D eigenvalue weighted by Gasteiger charge is 2.30. The van der Waals surface area contributed by atoms with Crippen LogP contribution in [0.25, 0.3) is 0 Å². The molecule has 0 bridgehead atoms. The van der Waals surface area contributed by atoms with Crippen molar-refractivity contribution in [1.82, 2.24) is 15.3 Å². The molecule has 0 aromatic heterocycles. The Kier molecular flexibility index (Phi) is 9.44. The minimum absolute atomic E-state index is 0.0754. The van der Waals surface area contributed by atoms with Crippen LogP contribution in [0.2, 0.25) is 0 Å². The normalized spacial score (nSPS) is 13.8. The second kappa shape index (κ2) is 12.7. The number of carbonyl (C=O) groups is 3. The first-order chi connectivity index (χ1) is 16.1. The van der Waals surface area contributed by atoms with Crippen molar-refractivity contribution in [3.8, 4) is 0 Å². The Bertz CT molecular complexity index is 857. The molecule has 7 nitrogen and oxygen atoms in total. The van der Waals surface area contributed by atoms with Gasteiger partial charge in [0.25, 0.3) is 0 Å². The smallest absolute Gasteiger partial charge is 0.243 e. The average molecular weight is 452 g/mol. The first-order valence-corrected chi connectivity index (χ1v) is 11.7. The van der Waals surface area contributed by atoms with Crippen molar-refractivity contribution in [3.05, 3.63) is 71.8 Å². The molecule has 0 saturated carbocycles. The summed E-state index contributed by atoms with van der Waals surface area (Å²) >= 11 is 0. The molecule has 1 fully saturated rings. The summed E-state index contributed by atoms with van der Waals surface area (Å²) in [4.78, 5) is 40.8. The van der Waals surface area contributed by atoms with Crippen LogP contribution in [0.5, 0.6) is 0 Å². The van der Waals surface area contributed by atoms with Gasteiger partial charge >= 0.3 is 0 Å². The van der Waals surface area contributed by atoms with E-state index >= 15 is 0 Å². The molecule has 3 rings (SSSR count). The van der Waals surface area contributed by atoms with Crippen LogP contribution in [0.15, 0.2) is 60.7 Å². The van der Waals surface area contributed by atoms with Crippen molar-refractivity contribution in [2.75, 3.05) is 26.2 Å². The Hall–Kier alpha value is -3.19. The van der Waals surface area contributed by atoms with Crippen molar-refractivity contribution in [2.24, 2.45) is 0 Å². The highest BCUT2D eigenvalue weighted by atomic mass is 16.5. The molecule has 3 amide bonds. The molecule has 0 atom stereocenters. The van der Waals surface area contributed by atoms with Gasteiger partial charge in [-0.15, -0.1) is 0 Å². The fourth-order valence-electron chi connectivity index (χ4n) is 4.26. The van der Waals surface area contributed by atoms with Crippen LogP contribution in [0.3, 0.4) is 0 Å². The lowest BCUT2D eigenvalue weighted by molar-refractivity contribution is -0.140. The van der Waals surface area contributed by atoms with Crippen molar-refractivity contribution >= 4 is 17.7 Å². The maximum absolute atomic E-state index is 13.5. The highest BCUT2D eigenvalue weighted by Crippen LogP contribution is 2.27. The van der Waals surface area contributed by atoms with Gasteiger partial charge in [0, 0.05) is 39.0 Å². The summed E-state index contributed by atoms with van der Waals surface area (Å²) < 4.78 is 0. The molecule has 0 aliphatic carbocycles. The zero-order valence-corrected chi connectivity index (χ0v) is 19.0. The Morgan fingerprint density at radius 3 is 1.73 bits per heavy atom. The van der Waals surface area contributed by atoms with E-state index < -0.39 is 0 Å². The minimum atomic E-state index is -0.375. The summed E-state index contributed by atoms with van der Waals surface area (Å²) in [7, 11) is 0. The number of carbonyl (C=O) groups excluding carboxylic acids is 3. The summed E-state index contributed by atoms with van der Waals surface area (Å²) in [5.41, 5.74) is 3.58. The van der Waals surface area contributed by atoms with Gasteiger partial charge in [-0.25, -0.2) is 5.48 Å². The third-order valence-electron chi connectivity index (χ3n) is 6.13. The quantitative estimate of drug-likeness (QED) is 0.329. The van der Waals surface area contributed by atoms with Crippen LogP contribution in [0.1, 0.15) is 55.6 Å². The van der Waals surface area contributed by atoms with E-state index in [1.807, 2.05) is 70.5 Å². The van der Waals surface area contributed by atoms with Gasteiger partial charge in [0.15, 0.2) is 0 Å². The number of benzene rings is 2. The summed E-state index contributed by atoms with van der Waals surface area (Å²) in [5.74, 6) is -0.521. The van der Waals surface area contributed by atoms with E-state index in [1.165, 1.54) is 0 Å². The molecular weight excluding hydrogens is 418 g/mol. The largest absolute Gasteiger partial charge is 0.339 e. The molecule has 0 unspecified atom stereocenters. The van der Waals surface area contributed by atoms with Crippen LogP contribution in [0, 0.1) is 0 Å². The molecule has 1 aliphatic rings. The van der Waals surface area contributed by atoms with Crippen LogP contribution < -0.4 is 5.48 Å². The SMILES string of the molecule is O=C(CCCCCCC(=O)N1CCN(C(=O)C(c2ccccc2)c2ccccc2)CC1)NO. The first-order valence-electron chi connectivity index (χ1n) is 11.7. The van der Waals surface area contributed by atoms with Crippen molar-refractivity contribution in [2.45, 2.75) is 44.4 Å². The lowest BCUT2D eigenvalue weighted by Gasteiger charge is -2.36. The van der Waals surface area contributed by atoms with Crippen LogP contribution in [-0.2, 0) is 14.4 Å². The maximum Gasteiger partial charge on any atom is 0.243 e. The van der Waals surface area contributed by atoms with Gasteiger partial charge in [-0.05, 0) is 24.0 Å². The fraction of sp³-hybridized carbons (Fsp3) is 0.423. The number of amides is 3. The third kappa shape index (κ3) is 7.15. The summed E-state index contributed by atoms with van der Waals surface area (Å²) in [6.07, 6.45) is 3.99. The zero-order chi connectivity index (χ0) is 23.5. The molecular formula is C26H33N3O4. The van der Waals surface area contributed by atoms with Gasteiger partial charge in [0.05, 0.1) is 5.92 Å². The zero-order valence-electron chi connectivity index (χ0n) is 19.0. The summed E-state index contributed by atoms with van der Waals surface area (Å²) in [6, 6.07) is 19.7. The lowest BCUT2D eigenvalue weighted by atomic mass is 9.90. The van der Waals surface area contributed by atoms with Gasteiger partial charge in [0.2, 0.25) is 17.7 Å². The third-order valence-corrected chi connectivity index (χ3v) is 6.13. The lowest BCUT2D eigenvalue weighted by Crippen LogP contribution is -2.51. The van der Waals surface area contributed by atoms with Gasteiger partial charge in [-0.1, -0.05) is 73.5 Å². The summed E-state index contributed by atoms with van der Waals surface area (Å²) in [5, 5.41) is 8.48. The molecule has 1 saturated heterocycles. The molecule has 1 aliphatic heterocycles. The molecule has 176 valence electrons. The Morgan fingerprint density at radius 2 is 1.21 bits per heavy atom. The van der Waals surface area contributed by atoms with E-state index in [0.29, 0.717) is 45.4 Å². The molecule has 2 aromatic rings. The molecule has 33 heavy (non-hydrogen) atoms. The fourth-order valence-corrected chi connectivity index (χ4v) is 4.26. The number of nitrogens with one attached hydrogen (secondary N) is 1. The molecule has 2 aromatic carbocycles. The highest BCUT2D eigenvalue weighted by molar-refractivity contribution is 5.87. The number of unbranched alkanes of at least 4 members (excludes halogenated alkanes) is 3. The van der Waals surface area contributed by atoms with E-state index in [1.54, 1.807) is 5.48 Å². The number of rotatable bonds is 10.